The van der Waals surface area contributed by atoms with Crippen molar-refractivity contribution >= 4 is 20.7 Å². The predicted octanol–water partition coefficient (Wildman–Crippen LogP) is 2.86. The van der Waals surface area contributed by atoms with Crippen molar-refractivity contribution in [1.82, 2.24) is 10.2 Å². The van der Waals surface area contributed by atoms with Crippen LogP contribution in [0.25, 0.3) is 11.5 Å². The van der Waals surface area contributed by atoms with E-state index in [1.807, 2.05) is 30.3 Å². The highest BCUT2D eigenvalue weighted by Gasteiger charge is 2.23. The number of aromatic nitrogens is 2. The zero-order chi connectivity index (χ0) is 11.6. The molecule has 0 N–H and O–H groups in total. The van der Waals surface area contributed by atoms with Crippen molar-refractivity contribution in [3.8, 4) is 16.9 Å². The molecule has 82 valence electrons. The molecule has 1 heterocycles. The van der Waals surface area contributed by atoms with Crippen LogP contribution in [0, 0.1) is 10.7 Å². The normalized spacial score (nSPS) is 16.1. The van der Waals surface area contributed by atoms with Crippen LogP contribution in [0.4, 0.5) is 0 Å². The monoisotopic (exact) mass is 251 g/mol. The summed E-state index contributed by atoms with van der Waals surface area (Å²) in [5.74, 6) is 0.415. The average molecular weight is 251 g/mol. The van der Waals surface area contributed by atoms with Gasteiger partial charge in [-0.2, -0.15) is 5.26 Å². The number of benzene rings is 1. The van der Waals surface area contributed by atoms with Crippen LogP contribution in [0.2, 0.25) is 0 Å². The second-order valence-corrected chi connectivity index (χ2v) is 7.68. The third kappa shape index (κ3) is 2.05. The fourth-order valence-electron chi connectivity index (χ4n) is 1.11. The Labute approximate surface area is 99.4 Å². The molecule has 0 saturated heterocycles. The second-order valence-electron chi connectivity index (χ2n) is 3.21. The lowest BCUT2D eigenvalue weighted by molar-refractivity contribution is 0.464. The van der Waals surface area contributed by atoms with E-state index in [0.29, 0.717) is 5.89 Å². The van der Waals surface area contributed by atoms with Crippen LogP contribution in [-0.2, 0) is 0 Å². The molecule has 2 aromatic rings. The Bertz CT molecular complexity index is 530. The van der Waals surface area contributed by atoms with Gasteiger partial charge in [0, 0.05) is 5.56 Å². The van der Waals surface area contributed by atoms with Gasteiger partial charge in [-0.3, -0.25) is 0 Å². The molecule has 1 atom stereocenters. The summed E-state index contributed by atoms with van der Waals surface area (Å²) in [6.45, 7) is 0. The third-order valence-corrected chi connectivity index (χ3v) is 3.86. The fourth-order valence-corrected chi connectivity index (χ4v) is 1.85. The summed E-state index contributed by atoms with van der Waals surface area (Å²) in [5, 5.41) is 19.0. The molecule has 0 bridgehead atoms. The number of hydrogen-bond donors (Lipinski definition) is 1. The third-order valence-electron chi connectivity index (χ3n) is 1.94. The summed E-state index contributed by atoms with van der Waals surface area (Å²) in [4.78, 5) is 0. The average Bonchev–Trinajstić information content (AvgIpc) is 2.80. The lowest BCUT2D eigenvalue weighted by Crippen LogP contribution is -1.85. The molecule has 0 amide bonds. The zero-order valence-corrected chi connectivity index (χ0v) is 10.2. The van der Waals surface area contributed by atoms with Gasteiger partial charge in [-0.15, -0.1) is 21.9 Å². The molecule has 0 aliphatic carbocycles. The Morgan fingerprint density at radius 3 is 2.62 bits per heavy atom. The highest BCUT2D eigenvalue weighted by atomic mass is 33.1. The number of hydrogen-bond acceptors (Lipinski definition) is 5. The minimum Gasteiger partial charge on any atom is -0.411 e. The van der Waals surface area contributed by atoms with Crippen LogP contribution >= 0.6 is 20.7 Å². The standard InChI is InChI=1S/C10H9N3OS2/c1-16(15,7-11)10-13-12-9(14-10)8-5-3-2-4-6-8/h2-6,15H,1H3. The van der Waals surface area contributed by atoms with Gasteiger partial charge < -0.3 is 4.42 Å². The van der Waals surface area contributed by atoms with Crippen molar-refractivity contribution in [1.29, 1.82) is 5.26 Å². The molecule has 6 heteroatoms. The highest BCUT2D eigenvalue weighted by Crippen LogP contribution is 2.55. The summed E-state index contributed by atoms with van der Waals surface area (Å²) in [5.41, 5.74) is 0.836. The smallest absolute Gasteiger partial charge is 0.280 e. The molecular weight excluding hydrogens is 242 g/mol. The molecule has 1 unspecified atom stereocenters. The van der Waals surface area contributed by atoms with Gasteiger partial charge in [0.2, 0.25) is 5.89 Å². The van der Waals surface area contributed by atoms with E-state index in [2.05, 4.69) is 27.3 Å². The minimum absolute atomic E-state index is 0.289. The van der Waals surface area contributed by atoms with E-state index in [1.54, 1.807) is 6.26 Å². The number of thiol groups is 1. The topological polar surface area (TPSA) is 62.7 Å². The molecule has 4 nitrogen and oxygen atoms in total. The predicted molar refractivity (Wildman–Crippen MR) is 66.1 cm³/mol. The largest absolute Gasteiger partial charge is 0.411 e. The van der Waals surface area contributed by atoms with Crippen LogP contribution in [0.3, 0.4) is 0 Å². The summed E-state index contributed by atoms with van der Waals surface area (Å²) in [6.07, 6.45) is 1.69. The van der Waals surface area contributed by atoms with Crippen molar-refractivity contribution in [2.24, 2.45) is 0 Å². The minimum atomic E-state index is -1.93. The molecule has 0 saturated carbocycles. The zero-order valence-electron chi connectivity index (χ0n) is 8.49. The fraction of sp³-hybridized carbons (Fsp3) is 0.100. The lowest BCUT2D eigenvalue weighted by Gasteiger charge is -2.12. The molecule has 0 fully saturated rings. The number of nitriles is 1. The Morgan fingerprint density at radius 1 is 1.31 bits per heavy atom. The van der Waals surface area contributed by atoms with Gasteiger partial charge in [-0.1, -0.05) is 18.2 Å². The molecular formula is C10H9N3OS2. The van der Waals surface area contributed by atoms with Crippen molar-refractivity contribution in [3.63, 3.8) is 0 Å². The summed E-state index contributed by atoms with van der Waals surface area (Å²) in [7, 11) is -1.93. The summed E-state index contributed by atoms with van der Waals surface area (Å²) in [6, 6.07) is 9.42. The van der Waals surface area contributed by atoms with E-state index in [1.165, 1.54) is 0 Å². The first-order chi connectivity index (χ1) is 7.63. The number of thiocyanates is 1. The van der Waals surface area contributed by atoms with Gasteiger partial charge in [-0.05, 0) is 27.4 Å². The van der Waals surface area contributed by atoms with Gasteiger partial charge in [0.25, 0.3) is 5.22 Å². The van der Waals surface area contributed by atoms with E-state index in [4.69, 9.17) is 9.68 Å². The Morgan fingerprint density at radius 2 is 2.00 bits per heavy atom. The first kappa shape index (κ1) is 11.0. The number of nitrogens with zero attached hydrogens (tertiary/aromatic N) is 3. The molecule has 16 heavy (non-hydrogen) atoms. The van der Waals surface area contributed by atoms with Crippen LogP contribution < -0.4 is 0 Å². The molecule has 0 radical (unpaired) electrons. The van der Waals surface area contributed by atoms with Crippen LogP contribution in [0.5, 0.6) is 0 Å². The van der Waals surface area contributed by atoms with Crippen molar-refractivity contribution in [2.45, 2.75) is 5.22 Å². The highest BCUT2D eigenvalue weighted by molar-refractivity contribution is 8.89. The van der Waals surface area contributed by atoms with Gasteiger partial charge >= 0.3 is 0 Å². The van der Waals surface area contributed by atoms with Crippen molar-refractivity contribution < 1.29 is 4.42 Å². The summed E-state index contributed by atoms with van der Waals surface area (Å²) < 4.78 is 5.44. The quantitative estimate of drug-likeness (QED) is 0.506. The van der Waals surface area contributed by atoms with Crippen molar-refractivity contribution in [2.75, 3.05) is 6.26 Å². The second kappa shape index (κ2) is 4.20. The molecule has 0 aliphatic rings. The van der Waals surface area contributed by atoms with Gasteiger partial charge in [0.05, 0.1) is 0 Å². The van der Waals surface area contributed by atoms with Crippen LogP contribution in [-0.4, -0.2) is 16.5 Å². The van der Waals surface area contributed by atoms with E-state index < -0.39 is 9.06 Å². The van der Waals surface area contributed by atoms with E-state index >= 15 is 0 Å². The van der Waals surface area contributed by atoms with Gasteiger partial charge in [-0.25, -0.2) is 0 Å². The number of rotatable bonds is 2. The van der Waals surface area contributed by atoms with Gasteiger partial charge in [0.15, 0.2) is 0 Å². The maximum absolute atomic E-state index is 8.91. The first-order valence-corrected chi connectivity index (χ1v) is 7.53. The Hall–Kier alpha value is -1.45. The molecule has 2 rings (SSSR count). The molecule has 1 aromatic carbocycles. The Kier molecular flexibility index (Phi) is 2.90. The van der Waals surface area contributed by atoms with Gasteiger partial charge in [0.1, 0.15) is 5.40 Å². The SMILES string of the molecule is CS(S)(C#N)c1nnc(-c2ccccc2)o1. The maximum atomic E-state index is 8.91. The van der Waals surface area contributed by atoms with Crippen LogP contribution in [0.15, 0.2) is 40.0 Å². The van der Waals surface area contributed by atoms with Crippen molar-refractivity contribution in [3.05, 3.63) is 30.3 Å². The lowest BCUT2D eigenvalue weighted by atomic mass is 10.2. The van der Waals surface area contributed by atoms with E-state index in [-0.39, 0.29) is 5.22 Å². The molecule has 0 spiro atoms. The van der Waals surface area contributed by atoms with E-state index in [0.717, 1.165) is 5.56 Å². The molecule has 0 aliphatic heterocycles. The first-order valence-electron chi connectivity index (χ1n) is 4.44. The Balaban J connectivity index is 2.39. The van der Waals surface area contributed by atoms with Crippen LogP contribution in [0.1, 0.15) is 0 Å². The van der Waals surface area contributed by atoms with E-state index in [9.17, 15) is 0 Å². The summed E-state index contributed by atoms with van der Waals surface area (Å²) >= 11 is 4.23. The molecule has 1 aromatic heterocycles. The maximum Gasteiger partial charge on any atom is 0.280 e.